The molecule has 2 aromatic heterocycles. The molecule has 0 aliphatic heterocycles. The van der Waals surface area contributed by atoms with Gasteiger partial charge in [-0.2, -0.15) is 10.2 Å². The number of aromatic nitrogens is 3. The Labute approximate surface area is 188 Å². The zero-order chi connectivity index (χ0) is 22.4. The number of carbonyl (C=O) groups is 1. The maximum atomic E-state index is 12.4. The Balaban J connectivity index is 1.69. The van der Waals surface area contributed by atoms with E-state index in [9.17, 15) is 10.1 Å². The number of benzene rings is 1. The first-order chi connectivity index (χ1) is 14.9. The zero-order valence-corrected chi connectivity index (χ0v) is 19.0. The summed E-state index contributed by atoms with van der Waals surface area (Å²) in [6.45, 7) is 4.91. The van der Waals surface area contributed by atoms with E-state index in [1.54, 1.807) is 7.11 Å². The van der Waals surface area contributed by atoms with Gasteiger partial charge in [0.1, 0.15) is 11.6 Å². The fourth-order valence-electron chi connectivity index (χ4n) is 3.06. The predicted octanol–water partition coefficient (Wildman–Crippen LogP) is 4.21. The highest BCUT2D eigenvalue weighted by Crippen LogP contribution is 2.21. The Morgan fingerprint density at radius 2 is 2.16 bits per heavy atom. The smallest absolute Gasteiger partial charge is 0.349 e. The second kappa shape index (κ2) is 10.2. The summed E-state index contributed by atoms with van der Waals surface area (Å²) in [6.07, 6.45) is 1.52. The van der Waals surface area contributed by atoms with E-state index in [0.717, 1.165) is 27.0 Å². The van der Waals surface area contributed by atoms with Crippen LogP contribution in [0.25, 0.3) is 17.5 Å². The van der Waals surface area contributed by atoms with E-state index >= 15 is 0 Å². The molecule has 0 spiro atoms. The lowest BCUT2D eigenvalue weighted by atomic mass is 10.1. The van der Waals surface area contributed by atoms with Gasteiger partial charge in [-0.25, -0.2) is 4.79 Å². The van der Waals surface area contributed by atoms with Gasteiger partial charge in [-0.05, 0) is 43.7 Å². The first kappa shape index (κ1) is 22.5. The number of methoxy groups -OCH3 is 1. The van der Waals surface area contributed by atoms with Crippen LogP contribution in [0.3, 0.4) is 0 Å². The van der Waals surface area contributed by atoms with Gasteiger partial charge in [0.2, 0.25) is 5.82 Å². The minimum absolute atomic E-state index is 0.112. The molecule has 160 valence electrons. The maximum Gasteiger partial charge on any atom is 0.349 e. The SMILES string of the molecule is COCCn1c(C)cc(/C=C(\C#N)C(=O)OCc2nc(-c3cccc(Br)c3)no2)c1C. The summed E-state index contributed by atoms with van der Waals surface area (Å²) in [5, 5.41) is 13.3. The van der Waals surface area contributed by atoms with Crippen molar-refractivity contribution in [1.29, 1.82) is 5.26 Å². The quantitative estimate of drug-likeness (QED) is 0.268. The Kier molecular flexibility index (Phi) is 7.39. The van der Waals surface area contributed by atoms with Gasteiger partial charge in [-0.15, -0.1) is 0 Å². The lowest BCUT2D eigenvalue weighted by Crippen LogP contribution is -2.08. The van der Waals surface area contributed by atoms with Crippen LogP contribution in [0.2, 0.25) is 0 Å². The fraction of sp³-hybridized carbons (Fsp3) is 0.273. The molecule has 0 amide bonds. The lowest BCUT2D eigenvalue weighted by molar-refractivity contribution is -0.140. The van der Waals surface area contributed by atoms with Crippen LogP contribution in [0, 0.1) is 25.2 Å². The highest BCUT2D eigenvalue weighted by Gasteiger charge is 2.16. The second-order valence-corrected chi connectivity index (χ2v) is 7.65. The van der Waals surface area contributed by atoms with E-state index in [1.807, 2.05) is 50.2 Å². The first-order valence-corrected chi connectivity index (χ1v) is 10.3. The van der Waals surface area contributed by atoms with Crippen molar-refractivity contribution in [3.63, 3.8) is 0 Å². The topological polar surface area (TPSA) is 103 Å². The molecule has 0 saturated carbocycles. The third-order valence-corrected chi connectivity index (χ3v) is 5.14. The van der Waals surface area contributed by atoms with Crippen molar-refractivity contribution in [3.05, 3.63) is 63.2 Å². The molecule has 3 aromatic rings. The Morgan fingerprint density at radius 1 is 1.35 bits per heavy atom. The van der Waals surface area contributed by atoms with Crippen molar-refractivity contribution < 1.29 is 18.8 Å². The number of hydrogen-bond acceptors (Lipinski definition) is 7. The monoisotopic (exact) mass is 484 g/mol. The fourth-order valence-corrected chi connectivity index (χ4v) is 3.46. The standard InChI is InChI=1S/C22H21BrN4O4/c1-14-9-17(15(2)27(14)7-8-29-3)10-18(12-24)22(28)30-13-20-25-21(26-31-20)16-5-4-6-19(23)11-16/h4-6,9-11H,7-8,13H2,1-3H3/b18-10+. The minimum atomic E-state index is -0.758. The van der Waals surface area contributed by atoms with Crippen molar-refractivity contribution in [2.75, 3.05) is 13.7 Å². The Bertz CT molecular complexity index is 1160. The number of nitrogens with zero attached hydrogens (tertiary/aromatic N) is 4. The van der Waals surface area contributed by atoms with Gasteiger partial charge in [-0.3, -0.25) is 0 Å². The summed E-state index contributed by atoms with van der Waals surface area (Å²) in [6, 6.07) is 11.2. The van der Waals surface area contributed by atoms with E-state index in [-0.39, 0.29) is 18.1 Å². The molecule has 0 unspecified atom stereocenters. The van der Waals surface area contributed by atoms with Crippen molar-refractivity contribution in [1.82, 2.24) is 14.7 Å². The van der Waals surface area contributed by atoms with Gasteiger partial charge >= 0.3 is 5.97 Å². The molecule has 3 rings (SSSR count). The lowest BCUT2D eigenvalue weighted by Gasteiger charge is -2.08. The molecule has 0 aliphatic rings. The average molecular weight is 485 g/mol. The van der Waals surface area contributed by atoms with Gasteiger partial charge in [0.05, 0.1) is 6.61 Å². The van der Waals surface area contributed by atoms with Gasteiger partial charge in [-0.1, -0.05) is 33.2 Å². The van der Waals surface area contributed by atoms with Crippen LogP contribution in [-0.2, 0) is 27.4 Å². The van der Waals surface area contributed by atoms with Crippen molar-refractivity contribution in [3.8, 4) is 17.5 Å². The molecular formula is C22H21BrN4O4. The summed E-state index contributed by atoms with van der Waals surface area (Å²) >= 11 is 3.39. The summed E-state index contributed by atoms with van der Waals surface area (Å²) < 4.78 is 18.4. The van der Waals surface area contributed by atoms with Crippen molar-refractivity contribution >= 4 is 28.0 Å². The maximum absolute atomic E-state index is 12.4. The van der Waals surface area contributed by atoms with E-state index in [0.29, 0.717) is 19.0 Å². The molecule has 0 atom stereocenters. The molecule has 1 aromatic carbocycles. The number of rotatable bonds is 8. The number of ether oxygens (including phenoxy) is 2. The van der Waals surface area contributed by atoms with Crippen LogP contribution < -0.4 is 0 Å². The second-order valence-electron chi connectivity index (χ2n) is 6.74. The number of esters is 1. The number of carbonyl (C=O) groups excluding carboxylic acids is 1. The summed E-state index contributed by atoms with van der Waals surface area (Å²) in [5.74, 6) is -0.239. The van der Waals surface area contributed by atoms with Crippen LogP contribution in [0.1, 0.15) is 22.8 Å². The molecule has 2 heterocycles. The van der Waals surface area contributed by atoms with Crippen LogP contribution in [0.15, 0.2) is 44.9 Å². The van der Waals surface area contributed by atoms with Crippen molar-refractivity contribution in [2.24, 2.45) is 0 Å². The molecule has 0 fully saturated rings. The minimum Gasteiger partial charge on any atom is -0.451 e. The number of aryl methyl sites for hydroxylation is 1. The Hall–Kier alpha value is -3.22. The summed E-state index contributed by atoms with van der Waals surface area (Å²) in [4.78, 5) is 16.6. The Morgan fingerprint density at radius 3 is 2.87 bits per heavy atom. The van der Waals surface area contributed by atoms with Crippen LogP contribution in [0.4, 0.5) is 0 Å². The highest BCUT2D eigenvalue weighted by atomic mass is 79.9. The third kappa shape index (κ3) is 5.48. The summed E-state index contributed by atoms with van der Waals surface area (Å²) in [5.41, 5.74) is 3.37. The normalized spacial score (nSPS) is 11.4. The first-order valence-electron chi connectivity index (χ1n) is 9.46. The van der Waals surface area contributed by atoms with Gasteiger partial charge in [0.25, 0.3) is 5.89 Å². The van der Waals surface area contributed by atoms with Gasteiger partial charge < -0.3 is 18.6 Å². The molecule has 0 saturated heterocycles. The average Bonchev–Trinajstić information content (AvgIpc) is 3.33. The number of halogens is 1. The zero-order valence-electron chi connectivity index (χ0n) is 17.4. The number of hydrogen-bond donors (Lipinski definition) is 0. The van der Waals surface area contributed by atoms with Crippen LogP contribution in [0.5, 0.6) is 0 Å². The van der Waals surface area contributed by atoms with E-state index in [1.165, 1.54) is 6.08 Å². The van der Waals surface area contributed by atoms with Crippen LogP contribution >= 0.6 is 15.9 Å². The molecule has 0 bridgehead atoms. The molecule has 0 aliphatic carbocycles. The van der Waals surface area contributed by atoms with Gasteiger partial charge in [0.15, 0.2) is 6.61 Å². The van der Waals surface area contributed by atoms with E-state index in [4.69, 9.17) is 14.0 Å². The van der Waals surface area contributed by atoms with E-state index < -0.39 is 5.97 Å². The third-order valence-electron chi connectivity index (χ3n) is 4.65. The van der Waals surface area contributed by atoms with Gasteiger partial charge in [0, 0.05) is 35.1 Å². The summed E-state index contributed by atoms with van der Waals surface area (Å²) in [7, 11) is 1.64. The molecule has 0 N–H and O–H groups in total. The highest BCUT2D eigenvalue weighted by molar-refractivity contribution is 9.10. The van der Waals surface area contributed by atoms with Crippen LogP contribution in [-0.4, -0.2) is 34.4 Å². The number of nitriles is 1. The molecule has 9 heteroatoms. The largest absolute Gasteiger partial charge is 0.451 e. The molecule has 8 nitrogen and oxygen atoms in total. The molecule has 31 heavy (non-hydrogen) atoms. The van der Waals surface area contributed by atoms with E-state index in [2.05, 4.69) is 30.6 Å². The predicted molar refractivity (Wildman–Crippen MR) is 117 cm³/mol. The molecule has 0 radical (unpaired) electrons. The van der Waals surface area contributed by atoms with Crippen molar-refractivity contribution in [2.45, 2.75) is 27.0 Å². The molecular weight excluding hydrogens is 464 g/mol.